The number of methoxy groups -OCH3 is 1. The number of aryl methyl sites for hydroxylation is 1. The van der Waals surface area contributed by atoms with Gasteiger partial charge in [0, 0.05) is 49.9 Å². The fourth-order valence-corrected chi connectivity index (χ4v) is 5.92. The summed E-state index contributed by atoms with van der Waals surface area (Å²) in [6, 6.07) is 5.70. The molecule has 0 amide bonds. The summed E-state index contributed by atoms with van der Waals surface area (Å²) in [6.45, 7) is 3.18. The molecule has 0 radical (unpaired) electrons. The third-order valence-electron chi connectivity index (χ3n) is 7.13. The van der Waals surface area contributed by atoms with Crippen LogP contribution in [0.1, 0.15) is 23.9 Å². The lowest BCUT2D eigenvalue weighted by molar-refractivity contribution is 0.0307. The number of aromatic nitrogens is 4. The Kier molecular flexibility index (Phi) is 4.72. The molecule has 2 aliphatic rings. The Balaban J connectivity index is 1.24. The van der Waals surface area contributed by atoms with Gasteiger partial charge in [0.15, 0.2) is 6.23 Å². The zero-order valence-electron chi connectivity index (χ0n) is 18.9. The van der Waals surface area contributed by atoms with Crippen LogP contribution < -0.4 is 15.0 Å². The van der Waals surface area contributed by atoms with Gasteiger partial charge in [0.1, 0.15) is 21.9 Å². The van der Waals surface area contributed by atoms with Crippen LogP contribution in [-0.4, -0.2) is 69.1 Å². The predicted molar refractivity (Wildman–Crippen MR) is 130 cm³/mol. The average molecular weight is 466 g/mol. The molecular weight excluding hydrogens is 438 g/mol. The van der Waals surface area contributed by atoms with Gasteiger partial charge in [0.05, 0.1) is 29.4 Å². The summed E-state index contributed by atoms with van der Waals surface area (Å²) in [5, 5.41) is 19.5. The summed E-state index contributed by atoms with van der Waals surface area (Å²) in [7, 11) is 5.70. The maximum atomic E-state index is 10.9. The van der Waals surface area contributed by atoms with E-state index in [1.54, 1.807) is 11.8 Å². The number of likely N-dealkylation sites (tertiary alicyclic amines) is 1. The van der Waals surface area contributed by atoms with Crippen LogP contribution >= 0.6 is 11.3 Å². The van der Waals surface area contributed by atoms with Gasteiger partial charge >= 0.3 is 0 Å². The van der Waals surface area contributed by atoms with Gasteiger partial charge in [-0.3, -0.25) is 9.58 Å². The number of hydrogen-bond acceptors (Lipinski definition) is 9. The standard InChI is InChI=1S/C23H27N7O2S/c1-28-6-4-23(28)5-7-30(13-23)20-11-24-17-10-19(33-22(17)26-20)21(31)25-16-8-14-12-29(2)27-15(14)9-18(16)32-3/h8-12,21,25,31H,4-7,13H2,1-3H3/t21?,23-/m1/s1. The van der Waals surface area contributed by atoms with Crippen LogP contribution in [0.4, 0.5) is 11.5 Å². The molecule has 2 fully saturated rings. The van der Waals surface area contributed by atoms with Gasteiger partial charge in [-0.15, -0.1) is 11.3 Å². The number of thiophene rings is 1. The van der Waals surface area contributed by atoms with Crippen LogP contribution in [0.2, 0.25) is 0 Å². The van der Waals surface area contributed by atoms with Crippen molar-refractivity contribution < 1.29 is 9.84 Å². The fourth-order valence-electron chi connectivity index (χ4n) is 5.01. The van der Waals surface area contributed by atoms with E-state index >= 15 is 0 Å². The summed E-state index contributed by atoms with van der Waals surface area (Å²) in [5.74, 6) is 1.54. The smallest absolute Gasteiger partial charge is 0.160 e. The van der Waals surface area contributed by atoms with Gasteiger partial charge < -0.3 is 20.1 Å². The minimum absolute atomic E-state index is 0.311. The number of hydrogen-bond donors (Lipinski definition) is 2. The normalized spacial score (nSPS) is 21.8. The third kappa shape index (κ3) is 3.40. The lowest BCUT2D eigenvalue weighted by Gasteiger charge is -2.48. The first-order valence-electron chi connectivity index (χ1n) is 11.1. The number of nitrogens with one attached hydrogen (secondary N) is 1. The van der Waals surface area contributed by atoms with Gasteiger partial charge in [0.25, 0.3) is 0 Å². The van der Waals surface area contributed by atoms with Crippen molar-refractivity contribution in [3.63, 3.8) is 0 Å². The highest BCUT2D eigenvalue weighted by molar-refractivity contribution is 7.18. The molecule has 0 bridgehead atoms. The number of nitrogens with zero attached hydrogens (tertiary/aromatic N) is 6. The molecule has 0 aliphatic carbocycles. The number of rotatable bonds is 5. The maximum absolute atomic E-state index is 10.9. The monoisotopic (exact) mass is 465 g/mol. The zero-order chi connectivity index (χ0) is 22.7. The largest absolute Gasteiger partial charge is 0.495 e. The van der Waals surface area contributed by atoms with Crippen LogP contribution in [0.3, 0.4) is 0 Å². The number of fused-ring (bicyclic) bond motifs is 2. The quantitative estimate of drug-likeness (QED) is 0.435. The number of ether oxygens (including phenoxy) is 1. The van der Waals surface area contributed by atoms with E-state index in [0.717, 1.165) is 45.0 Å². The first-order valence-corrected chi connectivity index (χ1v) is 11.9. The molecule has 33 heavy (non-hydrogen) atoms. The Hall–Kier alpha value is -2.95. The molecule has 2 aliphatic heterocycles. The van der Waals surface area contributed by atoms with E-state index in [0.29, 0.717) is 17.0 Å². The summed E-state index contributed by atoms with van der Waals surface area (Å²) in [5.41, 5.74) is 2.65. The Morgan fingerprint density at radius 2 is 2.03 bits per heavy atom. The first kappa shape index (κ1) is 20.6. The van der Waals surface area contributed by atoms with Crippen LogP contribution in [0, 0.1) is 0 Å². The van der Waals surface area contributed by atoms with Gasteiger partial charge in [0.2, 0.25) is 0 Å². The topological polar surface area (TPSA) is 91.6 Å². The molecule has 1 aromatic carbocycles. The molecule has 2 atom stereocenters. The molecule has 4 aromatic rings. The molecule has 10 heteroatoms. The van der Waals surface area contributed by atoms with Crippen molar-refractivity contribution in [3.05, 3.63) is 35.5 Å². The van der Waals surface area contributed by atoms with Gasteiger partial charge in [-0.05, 0) is 32.0 Å². The minimum Gasteiger partial charge on any atom is -0.495 e. The number of aliphatic hydroxyl groups excluding tert-OH is 1. The Morgan fingerprint density at radius 3 is 2.76 bits per heavy atom. The molecule has 2 saturated heterocycles. The first-order chi connectivity index (χ1) is 15.9. The molecule has 1 unspecified atom stereocenters. The Bertz CT molecular complexity index is 1350. The lowest BCUT2D eigenvalue weighted by Crippen LogP contribution is -2.59. The highest BCUT2D eigenvalue weighted by Gasteiger charge is 2.47. The summed E-state index contributed by atoms with van der Waals surface area (Å²) < 4.78 is 7.28. The molecular formula is C23H27N7O2S. The lowest BCUT2D eigenvalue weighted by atomic mass is 9.85. The minimum atomic E-state index is -0.906. The van der Waals surface area contributed by atoms with Crippen LogP contribution in [0.15, 0.2) is 30.6 Å². The highest BCUT2D eigenvalue weighted by Crippen LogP contribution is 2.40. The molecule has 5 heterocycles. The summed E-state index contributed by atoms with van der Waals surface area (Å²) in [6.07, 6.45) is 5.31. The van der Waals surface area contributed by atoms with Crippen LogP contribution in [0.25, 0.3) is 21.3 Å². The number of aliphatic hydroxyl groups is 1. The van der Waals surface area contributed by atoms with Crippen LogP contribution in [-0.2, 0) is 7.05 Å². The Morgan fingerprint density at radius 1 is 1.18 bits per heavy atom. The number of anilines is 2. The summed E-state index contributed by atoms with van der Waals surface area (Å²) >= 11 is 1.46. The molecule has 1 spiro atoms. The summed E-state index contributed by atoms with van der Waals surface area (Å²) in [4.78, 5) is 15.9. The van der Waals surface area contributed by atoms with Crippen molar-refractivity contribution in [3.8, 4) is 5.75 Å². The van der Waals surface area contributed by atoms with Crippen molar-refractivity contribution in [2.45, 2.75) is 24.6 Å². The van der Waals surface area contributed by atoms with Gasteiger partial charge in [-0.25, -0.2) is 9.97 Å². The molecule has 0 saturated carbocycles. The SMILES string of the molecule is COc1cc2nn(C)cc2cc1NC(O)c1cc2ncc(N3CC[C@]4(CCN4C)C3)nc2s1. The van der Waals surface area contributed by atoms with Crippen molar-refractivity contribution in [2.75, 3.05) is 44.0 Å². The van der Waals surface area contributed by atoms with Gasteiger partial charge in [-0.1, -0.05) is 0 Å². The van der Waals surface area contributed by atoms with Crippen molar-refractivity contribution >= 4 is 44.1 Å². The average Bonchev–Trinajstić information content (AvgIpc) is 3.53. The third-order valence-corrected chi connectivity index (χ3v) is 8.20. The molecule has 6 rings (SSSR count). The van der Waals surface area contributed by atoms with E-state index in [9.17, 15) is 5.11 Å². The van der Waals surface area contributed by atoms with E-state index < -0.39 is 6.23 Å². The molecule has 3 aromatic heterocycles. The van der Waals surface area contributed by atoms with E-state index in [2.05, 4.69) is 32.2 Å². The second-order valence-electron chi connectivity index (χ2n) is 9.10. The van der Waals surface area contributed by atoms with Crippen LogP contribution in [0.5, 0.6) is 5.75 Å². The van der Waals surface area contributed by atoms with E-state index in [1.807, 2.05) is 37.6 Å². The van der Waals surface area contributed by atoms with E-state index in [1.165, 1.54) is 30.7 Å². The van der Waals surface area contributed by atoms with Gasteiger partial charge in [-0.2, -0.15) is 5.10 Å². The van der Waals surface area contributed by atoms with Crippen molar-refractivity contribution in [2.24, 2.45) is 7.05 Å². The molecule has 9 nitrogen and oxygen atoms in total. The Labute approximate surface area is 195 Å². The van der Waals surface area contributed by atoms with Crippen molar-refractivity contribution in [1.29, 1.82) is 0 Å². The highest BCUT2D eigenvalue weighted by atomic mass is 32.1. The second-order valence-corrected chi connectivity index (χ2v) is 10.2. The molecule has 172 valence electrons. The van der Waals surface area contributed by atoms with Crippen molar-refractivity contribution in [1.82, 2.24) is 24.6 Å². The second kappa shape index (κ2) is 7.54. The fraction of sp³-hybridized carbons (Fsp3) is 0.435. The molecule has 2 N–H and O–H groups in total. The van der Waals surface area contributed by atoms with E-state index in [-0.39, 0.29) is 0 Å². The van der Waals surface area contributed by atoms with E-state index in [4.69, 9.17) is 9.72 Å². The number of likely N-dealkylation sites (N-methyl/N-ethyl adjacent to an activating group) is 1. The zero-order valence-corrected chi connectivity index (χ0v) is 19.8. The number of benzene rings is 1. The predicted octanol–water partition coefficient (Wildman–Crippen LogP) is 2.97. The maximum Gasteiger partial charge on any atom is 0.160 e.